The van der Waals surface area contributed by atoms with Gasteiger partial charge >= 0.3 is 12.0 Å². The summed E-state index contributed by atoms with van der Waals surface area (Å²) in [6.45, 7) is -0.697. The summed E-state index contributed by atoms with van der Waals surface area (Å²) in [6.07, 6.45) is 1.36. The molecule has 1 saturated heterocycles. The maximum Gasteiger partial charge on any atom is 0.329 e. The number of carbonyl (C=O) groups excluding carboxylic acids is 2. The minimum Gasteiger partial charge on any atom is -0.480 e. The summed E-state index contributed by atoms with van der Waals surface area (Å²) >= 11 is 7.21. The highest BCUT2D eigenvalue weighted by molar-refractivity contribution is 7.99. The SMILES string of the molecule is O=C(O)CN1C(=O)N/C(=C/c2ccc(Sc3ccc(Cl)cc3)o2)C1=O. The largest absolute Gasteiger partial charge is 0.480 e. The average Bonchev–Trinajstić information content (AvgIpc) is 3.09. The van der Waals surface area contributed by atoms with Gasteiger partial charge in [-0.2, -0.15) is 0 Å². The first kappa shape index (κ1) is 17.1. The van der Waals surface area contributed by atoms with Crippen LogP contribution >= 0.6 is 23.4 Å². The highest BCUT2D eigenvalue weighted by Crippen LogP contribution is 2.30. The van der Waals surface area contributed by atoms with Gasteiger partial charge in [0.05, 0.1) is 0 Å². The van der Waals surface area contributed by atoms with Crippen LogP contribution in [0.2, 0.25) is 5.02 Å². The molecule has 0 aliphatic carbocycles. The summed E-state index contributed by atoms with van der Waals surface area (Å²) in [4.78, 5) is 35.9. The van der Waals surface area contributed by atoms with Gasteiger partial charge in [-0.15, -0.1) is 0 Å². The monoisotopic (exact) mass is 378 g/mol. The lowest BCUT2D eigenvalue weighted by Gasteiger charge is -2.06. The first-order valence-electron chi connectivity index (χ1n) is 7.02. The van der Waals surface area contributed by atoms with Gasteiger partial charge < -0.3 is 14.8 Å². The molecular formula is C16H11ClN2O5S. The second-order valence-electron chi connectivity index (χ2n) is 4.99. The predicted molar refractivity (Wildman–Crippen MR) is 90.1 cm³/mol. The molecule has 1 aliphatic rings. The Morgan fingerprint density at radius 1 is 1.24 bits per heavy atom. The maximum absolute atomic E-state index is 12.0. The predicted octanol–water partition coefficient (Wildman–Crippen LogP) is 3.06. The molecule has 2 N–H and O–H groups in total. The van der Waals surface area contributed by atoms with Crippen molar-refractivity contribution in [2.24, 2.45) is 0 Å². The zero-order chi connectivity index (χ0) is 18.0. The number of imide groups is 1. The number of urea groups is 1. The first-order chi connectivity index (χ1) is 11.9. The van der Waals surface area contributed by atoms with Crippen LogP contribution in [0.3, 0.4) is 0 Å². The molecule has 9 heteroatoms. The van der Waals surface area contributed by atoms with E-state index in [0.717, 1.165) is 4.90 Å². The molecule has 1 aliphatic heterocycles. The van der Waals surface area contributed by atoms with Gasteiger partial charge in [-0.3, -0.25) is 9.59 Å². The number of nitrogens with zero attached hydrogens (tertiary/aromatic N) is 1. The van der Waals surface area contributed by atoms with Crippen LogP contribution in [0.1, 0.15) is 5.76 Å². The third kappa shape index (κ3) is 4.04. The van der Waals surface area contributed by atoms with Crippen LogP contribution in [0.4, 0.5) is 4.79 Å². The van der Waals surface area contributed by atoms with Gasteiger partial charge in [0.1, 0.15) is 18.0 Å². The Kier molecular flexibility index (Phi) is 4.82. The zero-order valence-corrected chi connectivity index (χ0v) is 14.1. The number of carboxylic acid groups (broad SMARTS) is 1. The molecule has 3 amide bonds. The summed E-state index contributed by atoms with van der Waals surface area (Å²) in [7, 11) is 0. The first-order valence-corrected chi connectivity index (χ1v) is 8.21. The van der Waals surface area contributed by atoms with Gasteiger partial charge in [-0.25, -0.2) is 9.69 Å². The van der Waals surface area contributed by atoms with E-state index in [-0.39, 0.29) is 5.70 Å². The minimum atomic E-state index is -1.27. The van der Waals surface area contributed by atoms with E-state index in [1.807, 2.05) is 12.1 Å². The highest BCUT2D eigenvalue weighted by atomic mass is 35.5. The van der Waals surface area contributed by atoms with Crippen LogP contribution in [0, 0.1) is 0 Å². The van der Waals surface area contributed by atoms with Gasteiger partial charge in [0, 0.05) is 16.0 Å². The van der Waals surface area contributed by atoms with Crippen molar-refractivity contribution in [3.05, 3.63) is 52.9 Å². The van der Waals surface area contributed by atoms with Crippen molar-refractivity contribution in [1.29, 1.82) is 0 Å². The molecular weight excluding hydrogens is 368 g/mol. The number of halogens is 1. The topological polar surface area (TPSA) is 99.8 Å². The zero-order valence-electron chi connectivity index (χ0n) is 12.6. The second kappa shape index (κ2) is 7.04. The lowest BCUT2D eigenvalue weighted by atomic mass is 10.3. The number of carbonyl (C=O) groups is 3. The van der Waals surface area contributed by atoms with Crippen molar-refractivity contribution in [1.82, 2.24) is 10.2 Å². The van der Waals surface area contributed by atoms with E-state index in [0.29, 0.717) is 20.8 Å². The van der Waals surface area contributed by atoms with E-state index in [1.54, 1.807) is 24.3 Å². The number of rotatable bonds is 5. The summed E-state index contributed by atoms with van der Waals surface area (Å²) in [5, 5.41) is 12.3. The molecule has 1 fully saturated rings. The van der Waals surface area contributed by atoms with E-state index in [9.17, 15) is 14.4 Å². The molecule has 2 aromatic rings. The van der Waals surface area contributed by atoms with Gasteiger partial charge in [0.15, 0.2) is 5.09 Å². The molecule has 7 nitrogen and oxygen atoms in total. The normalized spacial score (nSPS) is 15.7. The fraction of sp³-hybridized carbons (Fsp3) is 0.0625. The molecule has 0 atom stereocenters. The number of furan rings is 1. The lowest BCUT2D eigenvalue weighted by Crippen LogP contribution is -2.35. The molecule has 0 bridgehead atoms. The van der Waals surface area contributed by atoms with E-state index in [4.69, 9.17) is 21.1 Å². The number of carboxylic acids is 1. The van der Waals surface area contributed by atoms with Gasteiger partial charge in [-0.05, 0) is 36.4 Å². The highest BCUT2D eigenvalue weighted by Gasteiger charge is 2.35. The number of aliphatic carboxylic acids is 1. The van der Waals surface area contributed by atoms with Crippen molar-refractivity contribution in [2.45, 2.75) is 9.99 Å². The van der Waals surface area contributed by atoms with Crippen molar-refractivity contribution >= 4 is 47.3 Å². The Hall–Kier alpha value is -2.71. The molecule has 1 aromatic heterocycles. The van der Waals surface area contributed by atoms with Crippen LogP contribution < -0.4 is 5.32 Å². The third-order valence-electron chi connectivity index (χ3n) is 3.18. The molecule has 0 radical (unpaired) electrons. The van der Waals surface area contributed by atoms with Crippen molar-refractivity contribution in [3.8, 4) is 0 Å². The fourth-order valence-electron chi connectivity index (χ4n) is 2.08. The molecule has 0 saturated carbocycles. The van der Waals surface area contributed by atoms with Crippen LogP contribution in [0.15, 0.2) is 56.5 Å². The summed E-state index contributed by atoms with van der Waals surface area (Å²) in [5.41, 5.74) is -0.0383. The van der Waals surface area contributed by atoms with Gasteiger partial charge in [0.2, 0.25) is 0 Å². The Labute approximate surface area is 151 Å². The van der Waals surface area contributed by atoms with Crippen LogP contribution in [0.25, 0.3) is 6.08 Å². The Balaban J connectivity index is 1.73. The molecule has 25 heavy (non-hydrogen) atoms. The number of hydrogen-bond donors (Lipinski definition) is 2. The standard InChI is InChI=1S/C16H11ClN2O5S/c17-9-1-4-11(5-2-9)25-14-6-3-10(24-14)7-12-15(22)19(8-13(20)21)16(23)18-12/h1-7H,8H2,(H,18,23)(H,20,21)/b12-7+. The summed E-state index contributed by atoms with van der Waals surface area (Å²) < 4.78 is 5.59. The quantitative estimate of drug-likeness (QED) is 0.612. The van der Waals surface area contributed by atoms with Crippen LogP contribution in [-0.4, -0.2) is 34.5 Å². The minimum absolute atomic E-state index is 0.0383. The smallest absolute Gasteiger partial charge is 0.329 e. The van der Waals surface area contributed by atoms with E-state index < -0.39 is 24.5 Å². The summed E-state index contributed by atoms with van der Waals surface area (Å²) in [6, 6.07) is 9.81. The molecule has 2 heterocycles. The second-order valence-corrected chi connectivity index (χ2v) is 6.50. The molecule has 1 aromatic carbocycles. The molecule has 128 valence electrons. The third-order valence-corrected chi connectivity index (χ3v) is 4.36. The lowest BCUT2D eigenvalue weighted by molar-refractivity contribution is -0.140. The van der Waals surface area contributed by atoms with Crippen LogP contribution in [0.5, 0.6) is 0 Å². The Morgan fingerprint density at radius 2 is 1.96 bits per heavy atom. The van der Waals surface area contributed by atoms with E-state index in [2.05, 4.69) is 5.32 Å². The number of nitrogens with one attached hydrogen (secondary N) is 1. The Morgan fingerprint density at radius 3 is 2.64 bits per heavy atom. The number of benzene rings is 1. The van der Waals surface area contributed by atoms with Gasteiger partial charge in [-0.1, -0.05) is 23.4 Å². The molecule has 0 spiro atoms. The van der Waals surface area contributed by atoms with E-state index in [1.165, 1.54) is 17.8 Å². The summed E-state index contributed by atoms with van der Waals surface area (Å²) in [5.74, 6) is -1.63. The van der Waals surface area contributed by atoms with Crippen molar-refractivity contribution in [3.63, 3.8) is 0 Å². The van der Waals surface area contributed by atoms with Gasteiger partial charge in [0.25, 0.3) is 5.91 Å². The van der Waals surface area contributed by atoms with E-state index >= 15 is 0 Å². The number of hydrogen-bond acceptors (Lipinski definition) is 5. The average molecular weight is 379 g/mol. The maximum atomic E-state index is 12.0. The van der Waals surface area contributed by atoms with Crippen molar-refractivity contribution in [2.75, 3.05) is 6.54 Å². The van der Waals surface area contributed by atoms with Crippen molar-refractivity contribution < 1.29 is 23.9 Å². The van der Waals surface area contributed by atoms with Crippen LogP contribution in [-0.2, 0) is 9.59 Å². The molecule has 3 rings (SSSR count). The molecule has 0 unspecified atom stereocenters. The fourth-order valence-corrected chi connectivity index (χ4v) is 2.98. The number of amides is 3. The Bertz CT molecular complexity index is 875.